The molecule has 0 radical (unpaired) electrons. The van der Waals surface area contributed by atoms with E-state index in [1.807, 2.05) is 19.1 Å². The third-order valence-electron chi connectivity index (χ3n) is 5.44. The van der Waals surface area contributed by atoms with Crippen molar-refractivity contribution < 1.29 is 31.7 Å². The van der Waals surface area contributed by atoms with Gasteiger partial charge in [0.2, 0.25) is 6.41 Å². The first kappa shape index (κ1) is 26.2. The Labute approximate surface area is 215 Å². The predicted octanol–water partition coefficient (Wildman–Crippen LogP) is 5.24. The van der Waals surface area contributed by atoms with Gasteiger partial charge in [0.15, 0.2) is 0 Å². The summed E-state index contributed by atoms with van der Waals surface area (Å²) < 4.78 is 42.7. The van der Waals surface area contributed by atoms with Crippen LogP contribution in [-0.4, -0.2) is 44.3 Å². The summed E-state index contributed by atoms with van der Waals surface area (Å²) in [7, 11) is -3.90. The van der Waals surface area contributed by atoms with Crippen molar-refractivity contribution in [2.45, 2.75) is 38.2 Å². The maximum Gasteiger partial charge on any atom is 0.419 e. The van der Waals surface area contributed by atoms with Gasteiger partial charge in [-0.25, -0.2) is 9.36 Å². The monoisotopic (exact) mass is 524 g/mol. The molecule has 0 spiro atoms. The van der Waals surface area contributed by atoms with Crippen LogP contribution >= 0.6 is 0 Å². The van der Waals surface area contributed by atoms with E-state index in [4.69, 9.17) is 13.7 Å². The van der Waals surface area contributed by atoms with E-state index in [-0.39, 0.29) is 18.1 Å². The maximum atomic E-state index is 13.2. The molecule has 0 aliphatic carbocycles. The van der Waals surface area contributed by atoms with Crippen molar-refractivity contribution in [3.05, 3.63) is 66.2 Å². The summed E-state index contributed by atoms with van der Waals surface area (Å²) in [5, 5.41) is 4.17. The van der Waals surface area contributed by atoms with Gasteiger partial charge < -0.3 is 14.8 Å². The predicted molar refractivity (Wildman–Crippen MR) is 141 cm³/mol. The SMILES string of the molecule is Cc1ccc(S(=O)(=O)OCCOc2ccc3c4ccc(NC=O)cc4n(C(=O)OC(C)(C)C)c3c2)cc1. The number of carbonyl (C=O) groups excluding carboxylic acids is 2. The minimum Gasteiger partial charge on any atom is -0.491 e. The van der Waals surface area contributed by atoms with Gasteiger partial charge in [0, 0.05) is 22.5 Å². The summed E-state index contributed by atoms with van der Waals surface area (Å²) in [5.74, 6) is 0.419. The summed E-state index contributed by atoms with van der Waals surface area (Å²) >= 11 is 0. The molecule has 0 fully saturated rings. The van der Waals surface area contributed by atoms with Gasteiger partial charge in [-0.15, -0.1) is 0 Å². The summed E-state index contributed by atoms with van der Waals surface area (Å²) in [4.78, 5) is 24.2. The smallest absolute Gasteiger partial charge is 0.419 e. The fraction of sp³-hybridized carbons (Fsp3) is 0.259. The van der Waals surface area contributed by atoms with Gasteiger partial charge in [-0.1, -0.05) is 23.8 Å². The topological polar surface area (TPSA) is 113 Å². The Morgan fingerprint density at radius 3 is 2.24 bits per heavy atom. The van der Waals surface area contributed by atoms with E-state index in [0.717, 1.165) is 16.3 Å². The minimum atomic E-state index is -3.90. The second-order valence-electron chi connectivity index (χ2n) is 9.43. The zero-order valence-corrected chi connectivity index (χ0v) is 21.8. The van der Waals surface area contributed by atoms with E-state index in [1.165, 1.54) is 16.7 Å². The van der Waals surface area contributed by atoms with Crippen molar-refractivity contribution in [1.29, 1.82) is 0 Å². The van der Waals surface area contributed by atoms with Crippen LogP contribution in [0.25, 0.3) is 21.8 Å². The number of carbonyl (C=O) groups is 2. The number of hydrogen-bond acceptors (Lipinski definition) is 7. The lowest BCUT2D eigenvalue weighted by molar-refractivity contribution is -0.105. The summed E-state index contributed by atoms with van der Waals surface area (Å²) in [6.45, 7) is 6.97. The third kappa shape index (κ3) is 5.92. The molecule has 1 amide bonds. The van der Waals surface area contributed by atoms with Gasteiger partial charge >= 0.3 is 6.09 Å². The molecule has 10 heteroatoms. The number of rotatable bonds is 8. The van der Waals surface area contributed by atoms with Gasteiger partial charge in [0.1, 0.15) is 24.6 Å². The first-order valence-corrected chi connectivity index (χ1v) is 13.0. The standard InChI is InChI=1S/C27H28N2O7S/c1-18-5-9-21(10-6-18)37(32,33)35-14-13-34-20-8-12-23-22-11-7-19(28-17-30)15-24(22)29(25(23)16-20)26(31)36-27(2,3)4/h5-12,15-17H,13-14H2,1-4H3,(H,28,30). The molecule has 4 aromatic rings. The fourth-order valence-electron chi connectivity index (χ4n) is 3.83. The molecule has 194 valence electrons. The highest BCUT2D eigenvalue weighted by atomic mass is 32.2. The van der Waals surface area contributed by atoms with Gasteiger partial charge in [-0.05, 0) is 64.1 Å². The van der Waals surface area contributed by atoms with Crippen molar-refractivity contribution in [3.8, 4) is 5.75 Å². The molecule has 1 aromatic heterocycles. The lowest BCUT2D eigenvalue weighted by Gasteiger charge is -2.20. The average Bonchev–Trinajstić information content (AvgIpc) is 3.14. The van der Waals surface area contributed by atoms with Crippen LogP contribution < -0.4 is 10.1 Å². The molecule has 0 aliphatic heterocycles. The Morgan fingerprint density at radius 2 is 1.59 bits per heavy atom. The van der Waals surface area contributed by atoms with Crippen LogP contribution in [0.4, 0.5) is 10.5 Å². The minimum absolute atomic E-state index is 0.0311. The molecule has 1 N–H and O–H groups in total. The molecule has 0 saturated carbocycles. The molecule has 9 nitrogen and oxygen atoms in total. The lowest BCUT2D eigenvalue weighted by Crippen LogP contribution is -2.27. The number of nitrogens with zero attached hydrogens (tertiary/aromatic N) is 1. The molecule has 4 rings (SSSR count). The number of aryl methyl sites for hydroxylation is 1. The second-order valence-corrected chi connectivity index (χ2v) is 11.0. The van der Waals surface area contributed by atoms with E-state index in [0.29, 0.717) is 28.9 Å². The van der Waals surface area contributed by atoms with E-state index in [9.17, 15) is 18.0 Å². The van der Waals surface area contributed by atoms with Crippen LogP contribution in [0, 0.1) is 6.92 Å². The third-order valence-corrected chi connectivity index (χ3v) is 6.77. The number of hydrogen-bond donors (Lipinski definition) is 1. The largest absolute Gasteiger partial charge is 0.491 e. The van der Waals surface area contributed by atoms with Crippen molar-refractivity contribution in [3.63, 3.8) is 0 Å². The fourth-order valence-corrected chi connectivity index (χ4v) is 4.72. The van der Waals surface area contributed by atoms with E-state index < -0.39 is 21.8 Å². The van der Waals surface area contributed by atoms with Gasteiger partial charge in [0.05, 0.1) is 15.9 Å². The number of amides is 1. The van der Waals surface area contributed by atoms with Crippen LogP contribution in [-0.2, 0) is 23.8 Å². The molecule has 0 saturated heterocycles. The van der Waals surface area contributed by atoms with Crippen LogP contribution in [0.5, 0.6) is 5.75 Å². The summed E-state index contributed by atoms with van der Waals surface area (Å²) in [6.07, 6.45) is -0.0188. The number of benzene rings is 3. The molecule has 0 aliphatic rings. The van der Waals surface area contributed by atoms with E-state index >= 15 is 0 Å². The number of anilines is 1. The average molecular weight is 525 g/mol. The maximum absolute atomic E-state index is 13.2. The van der Waals surface area contributed by atoms with Crippen LogP contribution in [0.2, 0.25) is 0 Å². The molecule has 3 aromatic carbocycles. The van der Waals surface area contributed by atoms with Crippen molar-refractivity contribution in [1.82, 2.24) is 4.57 Å². The molecule has 0 bridgehead atoms. The zero-order chi connectivity index (χ0) is 26.8. The molecule has 37 heavy (non-hydrogen) atoms. The Kier molecular flexibility index (Phi) is 7.24. The highest BCUT2D eigenvalue weighted by Crippen LogP contribution is 2.34. The summed E-state index contributed by atoms with van der Waals surface area (Å²) in [6, 6.07) is 16.8. The number of ether oxygens (including phenoxy) is 2. The first-order chi connectivity index (χ1) is 17.5. The molecular formula is C27H28N2O7S. The van der Waals surface area contributed by atoms with E-state index in [2.05, 4.69) is 5.32 Å². The Morgan fingerprint density at radius 1 is 0.946 bits per heavy atom. The van der Waals surface area contributed by atoms with Crippen LogP contribution in [0.3, 0.4) is 0 Å². The summed E-state index contributed by atoms with van der Waals surface area (Å²) in [5.41, 5.74) is 1.84. The Balaban J connectivity index is 1.60. The van der Waals surface area contributed by atoms with E-state index in [1.54, 1.807) is 57.2 Å². The highest BCUT2D eigenvalue weighted by Gasteiger charge is 2.23. The van der Waals surface area contributed by atoms with Gasteiger partial charge in [-0.3, -0.25) is 8.98 Å². The molecule has 0 unspecified atom stereocenters. The zero-order valence-electron chi connectivity index (χ0n) is 21.0. The Hall–Kier alpha value is -3.89. The molecule has 1 heterocycles. The van der Waals surface area contributed by atoms with Crippen molar-refractivity contribution in [2.24, 2.45) is 0 Å². The normalized spacial score (nSPS) is 12.0. The first-order valence-electron chi connectivity index (χ1n) is 11.6. The van der Waals surface area contributed by atoms with Crippen molar-refractivity contribution >= 4 is 50.1 Å². The van der Waals surface area contributed by atoms with Crippen LogP contribution in [0.1, 0.15) is 26.3 Å². The quantitative estimate of drug-likeness (QED) is 0.191. The number of nitrogens with one attached hydrogen (secondary N) is 1. The number of fused-ring (bicyclic) bond motifs is 3. The van der Waals surface area contributed by atoms with Crippen molar-refractivity contribution in [2.75, 3.05) is 18.5 Å². The van der Waals surface area contributed by atoms with Gasteiger partial charge in [0.25, 0.3) is 10.1 Å². The van der Waals surface area contributed by atoms with Crippen LogP contribution in [0.15, 0.2) is 65.6 Å². The Bertz CT molecular complexity index is 1570. The molecule has 0 atom stereocenters. The highest BCUT2D eigenvalue weighted by molar-refractivity contribution is 7.86. The number of aromatic nitrogens is 1. The second kappa shape index (κ2) is 10.2. The molecular weight excluding hydrogens is 496 g/mol. The van der Waals surface area contributed by atoms with Gasteiger partial charge in [-0.2, -0.15) is 8.42 Å². The lowest BCUT2D eigenvalue weighted by atomic mass is 10.1.